The topological polar surface area (TPSA) is 41.9 Å². The van der Waals surface area contributed by atoms with Gasteiger partial charge in [0.05, 0.1) is 6.04 Å². The maximum Gasteiger partial charge on any atom is 0.133 e. The number of aliphatic hydroxyl groups is 1. The molecule has 0 fully saturated rings. The van der Waals surface area contributed by atoms with E-state index in [0.29, 0.717) is 17.4 Å². The molecule has 250 valence electrons. The van der Waals surface area contributed by atoms with Gasteiger partial charge >= 0.3 is 0 Å². The van der Waals surface area contributed by atoms with Crippen molar-refractivity contribution in [2.75, 3.05) is 4.90 Å². The van der Waals surface area contributed by atoms with Gasteiger partial charge in [-0.15, -0.1) is 0 Å². The maximum absolute atomic E-state index is 11.7. The first-order valence-corrected chi connectivity index (χ1v) is 18.4. The highest BCUT2D eigenvalue weighted by atomic mass is 16.5. The molecule has 3 aliphatic heterocycles. The van der Waals surface area contributed by atoms with Gasteiger partial charge in [0.1, 0.15) is 29.1 Å². The van der Waals surface area contributed by atoms with Crippen LogP contribution in [0.2, 0.25) is 0 Å². The van der Waals surface area contributed by atoms with Crippen LogP contribution in [0.15, 0.2) is 162 Å². The van der Waals surface area contributed by atoms with Crippen molar-refractivity contribution in [3.05, 3.63) is 184 Å². The summed E-state index contributed by atoms with van der Waals surface area (Å²) in [5.41, 5.74) is 10.2. The number of benzene rings is 4. The molecule has 4 heteroatoms. The van der Waals surface area contributed by atoms with Gasteiger partial charge in [-0.1, -0.05) is 117 Å². The van der Waals surface area contributed by atoms with Gasteiger partial charge in [-0.25, -0.2) is 0 Å². The Hall–Kier alpha value is -5.32. The minimum Gasteiger partial charge on any atom is -0.457 e. The summed E-state index contributed by atoms with van der Waals surface area (Å²) in [6.45, 7) is 4.70. The molecule has 3 heterocycles. The Morgan fingerprint density at radius 1 is 0.745 bits per heavy atom. The van der Waals surface area contributed by atoms with Crippen LogP contribution in [0.4, 0.5) is 11.4 Å². The van der Waals surface area contributed by atoms with Crippen LogP contribution in [-0.4, -0.2) is 11.1 Å². The minimum absolute atomic E-state index is 0.0613. The summed E-state index contributed by atoms with van der Waals surface area (Å²) in [5, 5.41) is 11.7. The van der Waals surface area contributed by atoms with Crippen LogP contribution >= 0.6 is 0 Å². The molecule has 7 aliphatic rings. The number of rotatable bonds is 1. The number of hydrogen-bond acceptors (Lipinski definition) is 4. The van der Waals surface area contributed by atoms with Crippen LogP contribution in [0.5, 0.6) is 17.2 Å². The third-order valence-electron chi connectivity index (χ3n) is 12.9. The third-order valence-corrected chi connectivity index (χ3v) is 12.9. The number of hydrogen-bond donors (Lipinski definition) is 1. The molecule has 4 nitrogen and oxygen atoms in total. The number of ether oxygens (including phenoxy) is 2. The smallest absolute Gasteiger partial charge is 0.133 e. The molecule has 6 unspecified atom stereocenters. The normalized spacial score (nSPS) is 29.5. The molecule has 4 aromatic rings. The lowest BCUT2D eigenvalue weighted by Crippen LogP contribution is -2.56. The molecular formula is C47H39NO3. The number of para-hydroxylation sites is 3. The number of fused-ring (bicyclic) bond motifs is 12. The Morgan fingerprint density at radius 3 is 2.41 bits per heavy atom. The molecule has 6 atom stereocenters. The fourth-order valence-corrected chi connectivity index (χ4v) is 10.8. The van der Waals surface area contributed by atoms with Crippen molar-refractivity contribution in [1.29, 1.82) is 0 Å². The second-order valence-electron chi connectivity index (χ2n) is 15.6. The van der Waals surface area contributed by atoms with Gasteiger partial charge in [-0.05, 0) is 66.5 Å². The Bertz CT molecular complexity index is 2370. The summed E-state index contributed by atoms with van der Waals surface area (Å²) in [5.74, 6) is 4.02. The largest absolute Gasteiger partial charge is 0.457 e. The lowest BCUT2D eigenvalue weighted by atomic mass is 9.53. The summed E-state index contributed by atoms with van der Waals surface area (Å²) in [6, 6.07) is 31.7. The predicted octanol–water partition coefficient (Wildman–Crippen LogP) is 10.5. The van der Waals surface area contributed by atoms with Crippen molar-refractivity contribution in [2.45, 2.75) is 49.7 Å². The van der Waals surface area contributed by atoms with Crippen molar-refractivity contribution in [3.8, 4) is 17.2 Å². The monoisotopic (exact) mass is 665 g/mol. The molecule has 11 rings (SSSR count). The molecule has 1 N–H and O–H groups in total. The van der Waals surface area contributed by atoms with Crippen molar-refractivity contribution in [3.63, 3.8) is 0 Å². The SMILES string of the molecule is CC1(C)C2=CC3C(C=C2Oc2ccccc21)N(c1ccc2c(c1)C(O)c1ccccc1O2)c1ccccc1C31C2=C(CCC=C2)C2C=CC=CC21. The van der Waals surface area contributed by atoms with Crippen LogP contribution < -0.4 is 14.4 Å². The zero-order chi connectivity index (χ0) is 34.1. The predicted molar refractivity (Wildman–Crippen MR) is 201 cm³/mol. The van der Waals surface area contributed by atoms with Gasteiger partial charge in [-0.3, -0.25) is 0 Å². The molecule has 4 aliphatic carbocycles. The molecule has 0 saturated carbocycles. The minimum atomic E-state index is -0.780. The Morgan fingerprint density at radius 2 is 1.51 bits per heavy atom. The van der Waals surface area contributed by atoms with E-state index in [1.807, 2.05) is 30.3 Å². The van der Waals surface area contributed by atoms with Crippen molar-refractivity contribution >= 4 is 11.4 Å². The van der Waals surface area contributed by atoms with Gasteiger partial charge in [0.25, 0.3) is 0 Å². The van der Waals surface area contributed by atoms with E-state index in [1.165, 1.54) is 28.0 Å². The Labute approximate surface area is 299 Å². The lowest BCUT2D eigenvalue weighted by Gasteiger charge is -2.57. The summed E-state index contributed by atoms with van der Waals surface area (Å²) in [7, 11) is 0. The summed E-state index contributed by atoms with van der Waals surface area (Å²) >= 11 is 0. The first kappa shape index (κ1) is 29.4. The van der Waals surface area contributed by atoms with E-state index >= 15 is 0 Å². The molecule has 51 heavy (non-hydrogen) atoms. The Balaban J connectivity index is 1.18. The number of nitrogens with zero attached hydrogens (tertiary/aromatic N) is 1. The van der Waals surface area contributed by atoms with E-state index in [-0.39, 0.29) is 28.7 Å². The average molecular weight is 666 g/mol. The maximum atomic E-state index is 11.7. The average Bonchev–Trinajstić information content (AvgIpc) is 3.46. The number of aliphatic hydroxyl groups excluding tert-OH is 1. The van der Waals surface area contributed by atoms with Crippen molar-refractivity contribution in [1.82, 2.24) is 0 Å². The summed E-state index contributed by atoms with van der Waals surface area (Å²) in [6.07, 6.45) is 20.8. The molecular weight excluding hydrogens is 627 g/mol. The molecule has 0 radical (unpaired) electrons. The summed E-state index contributed by atoms with van der Waals surface area (Å²) in [4.78, 5) is 2.51. The lowest BCUT2D eigenvalue weighted by molar-refractivity contribution is 0.203. The van der Waals surface area contributed by atoms with Gasteiger partial charge < -0.3 is 19.5 Å². The molecule has 4 aromatic carbocycles. The van der Waals surface area contributed by atoms with Crippen molar-refractivity contribution < 1.29 is 14.6 Å². The van der Waals surface area contributed by atoms with E-state index in [4.69, 9.17) is 9.47 Å². The standard InChI is InChI=1S/C47H39NO3/c1-46(2)36-19-9-12-22-43(36)51-44-27-40-37(26-38(44)46)47(33-16-6-3-13-29(33)30-14-4-7-17-34(30)47)35-18-8-10-20-39(35)48(40)28-23-24-42-32(25-28)45(49)31-15-5-11-21-41(31)50-42/h3,5-13,15-27,29,33,37,40,45,49H,4,14H2,1-2H3. The van der Waals surface area contributed by atoms with Crippen LogP contribution in [-0.2, 0) is 10.8 Å². The third kappa shape index (κ3) is 3.78. The zero-order valence-corrected chi connectivity index (χ0v) is 28.8. The van der Waals surface area contributed by atoms with E-state index in [0.717, 1.165) is 41.2 Å². The second kappa shape index (κ2) is 10.4. The first-order valence-electron chi connectivity index (χ1n) is 18.4. The van der Waals surface area contributed by atoms with Crippen LogP contribution in [0.3, 0.4) is 0 Å². The number of allylic oxidation sites excluding steroid dienone is 9. The summed E-state index contributed by atoms with van der Waals surface area (Å²) < 4.78 is 13.2. The highest BCUT2D eigenvalue weighted by Crippen LogP contribution is 2.67. The van der Waals surface area contributed by atoms with Gasteiger partial charge in [0.15, 0.2) is 0 Å². The molecule has 0 saturated heterocycles. The quantitative estimate of drug-likeness (QED) is 0.220. The molecule has 0 bridgehead atoms. The van der Waals surface area contributed by atoms with E-state index < -0.39 is 6.10 Å². The Kier molecular flexibility index (Phi) is 5.98. The van der Waals surface area contributed by atoms with Gasteiger partial charge in [0.2, 0.25) is 0 Å². The highest BCUT2D eigenvalue weighted by molar-refractivity contribution is 5.79. The van der Waals surface area contributed by atoms with Crippen LogP contribution in [0, 0.1) is 17.8 Å². The van der Waals surface area contributed by atoms with Gasteiger partial charge in [-0.2, -0.15) is 0 Å². The van der Waals surface area contributed by atoms with E-state index in [9.17, 15) is 5.11 Å². The zero-order valence-electron chi connectivity index (χ0n) is 28.8. The molecule has 0 amide bonds. The van der Waals surface area contributed by atoms with Crippen LogP contribution in [0.1, 0.15) is 55.0 Å². The number of anilines is 2. The highest BCUT2D eigenvalue weighted by Gasteiger charge is 2.62. The van der Waals surface area contributed by atoms with Gasteiger partial charge in [0, 0.05) is 62.2 Å². The molecule has 0 aromatic heterocycles. The first-order chi connectivity index (χ1) is 25.0. The molecule has 1 spiro atoms. The fraction of sp³-hybridized carbons (Fsp3) is 0.234. The fourth-order valence-electron chi connectivity index (χ4n) is 10.8. The van der Waals surface area contributed by atoms with Crippen LogP contribution in [0.25, 0.3) is 0 Å². The second-order valence-corrected chi connectivity index (χ2v) is 15.6. The van der Waals surface area contributed by atoms with E-state index in [1.54, 1.807) is 5.57 Å². The van der Waals surface area contributed by atoms with Crippen molar-refractivity contribution in [2.24, 2.45) is 17.8 Å². The van der Waals surface area contributed by atoms with E-state index in [2.05, 4.69) is 128 Å².